The second kappa shape index (κ2) is 7.18. The fourth-order valence-corrected chi connectivity index (χ4v) is 6.21. The smallest absolute Gasteiger partial charge is 0.0544 e. The SMILES string of the molecule is Cc1ccc(Sc2cccc3c2N(C)C2CCN(CC4CCC4)CC32)cc1. The monoisotopic (exact) mass is 378 g/mol. The molecule has 2 unspecified atom stereocenters. The van der Waals surface area contributed by atoms with Crippen molar-refractivity contribution in [2.24, 2.45) is 5.92 Å². The Balaban J connectivity index is 1.40. The predicted molar refractivity (Wildman–Crippen MR) is 115 cm³/mol. The Morgan fingerprint density at radius 3 is 2.59 bits per heavy atom. The maximum absolute atomic E-state index is 2.76. The number of fused-ring (bicyclic) bond motifs is 3. The molecule has 27 heavy (non-hydrogen) atoms. The molecule has 0 spiro atoms. The molecular formula is C24H30N2S. The van der Waals surface area contributed by atoms with Crippen molar-refractivity contribution in [2.75, 3.05) is 31.6 Å². The summed E-state index contributed by atoms with van der Waals surface area (Å²) in [5.74, 6) is 1.65. The Kier molecular flexibility index (Phi) is 4.69. The summed E-state index contributed by atoms with van der Waals surface area (Å²) < 4.78 is 0. The zero-order valence-corrected chi connectivity index (χ0v) is 17.3. The summed E-state index contributed by atoms with van der Waals surface area (Å²) in [7, 11) is 2.32. The van der Waals surface area contributed by atoms with Crippen LogP contribution in [0.3, 0.4) is 0 Å². The number of anilines is 1. The zero-order chi connectivity index (χ0) is 18.4. The first-order valence-electron chi connectivity index (χ1n) is 10.5. The molecule has 2 fully saturated rings. The molecule has 0 bridgehead atoms. The molecule has 3 heteroatoms. The molecule has 1 saturated heterocycles. The molecule has 1 saturated carbocycles. The molecule has 2 atom stereocenters. The highest BCUT2D eigenvalue weighted by Crippen LogP contribution is 2.49. The number of aryl methyl sites for hydroxylation is 1. The highest BCUT2D eigenvalue weighted by atomic mass is 32.2. The molecule has 1 aliphatic carbocycles. The van der Waals surface area contributed by atoms with Crippen LogP contribution in [0.15, 0.2) is 52.3 Å². The van der Waals surface area contributed by atoms with Gasteiger partial charge < -0.3 is 9.80 Å². The Hall–Kier alpha value is -1.45. The van der Waals surface area contributed by atoms with Crippen LogP contribution in [0.25, 0.3) is 0 Å². The Morgan fingerprint density at radius 1 is 1.04 bits per heavy atom. The number of piperidine rings is 1. The highest BCUT2D eigenvalue weighted by molar-refractivity contribution is 7.99. The van der Waals surface area contributed by atoms with Gasteiger partial charge in [-0.05, 0) is 55.9 Å². The van der Waals surface area contributed by atoms with Crippen LogP contribution < -0.4 is 4.90 Å². The van der Waals surface area contributed by atoms with Gasteiger partial charge in [-0.1, -0.05) is 48.0 Å². The number of hydrogen-bond donors (Lipinski definition) is 0. The van der Waals surface area contributed by atoms with Gasteiger partial charge in [-0.25, -0.2) is 0 Å². The molecular weight excluding hydrogens is 348 g/mol. The van der Waals surface area contributed by atoms with E-state index in [-0.39, 0.29) is 0 Å². The average molecular weight is 379 g/mol. The molecule has 2 heterocycles. The van der Waals surface area contributed by atoms with E-state index in [0.717, 1.165) is 5.92 Å². The molecule has 2 aliphatic heterocycles. The quantitative estimate of drug-likeness (QED) is 0.688. The maximum atomic E-state index is 2.76. The number of nitrogens with zero attached hydrogens (tertiary/aromatic N) is 2. The van der Waals surface area contributed by atoms with Crippen molar-refractivity contribution in [3.8, 4) is 0 Å². The van der Waals surface area contributed by atoms with E-state index in [4.69, 9.17) is 0 Å². The van der Waals surface area contributed by atoms with E-state index in [1.54, 1.807) is 5.56 Å². The van der Waals surface area contributed by atoms with Crippen LogP contribution in [0.5, 0.6) is 0 Å². The number of hydrogen-bond acceptors (Lipinski definition) is 3. The molecule has 2 aromatic rings. The van der Waals surface area contributed by atoms with E-state index in [9.17, 15) is 0 Å². The first kappa shape index (κ1) is 17.6. The van der Waals surface area contributed by atoms with Gasteiger partial charge in [0.25, 0.3) is 0 Å². The van der Waals surface area contributed by atoms with Gasteiger partial charge in [-0.3, -0.25) is 0 Å². The lowest BCUT2D eigenvalue weighted by atomic mass is 9.83. The van der Waals surface area contributed by atoms with Crippen molar-refractivity contribution in [1.29, 1.82) is 0 Å². The molecule has 2 aromatic carbocycles. The van der Waals surface area contributed by atoms with Crippen LogP contribution in [0.1, 0.15) is 42.7 Å². The average Bonchev–Trinajstić information content (AvgIpc) is 2.93. The summed E-state index contributed by atoms with van der Waals surface area (Å²) in [6, 6.07) is 16.6. The number of para-hydroxylation sites is 1. The van der Waals surface area contributed by atoms with Gasteiger partial charge in [-0.15, -0.1) is 0 Å². The van der Waals surface area contributed by atoms with Gasteiger partial charge in [0, 0.05) is 48.4 Å². The minimum Gasteiger partial charge on any atom is -0.370 e. The van der Waals surface area contributed by atoms with Crippen molar-refractivity contribution >= 4 is 17.4 Å². The van der Waals surface area contributed by atoms with Crippen LogP contribution in [-0.4, -0.2) is 37.6 Å². The Bertz CT molecular complexity index is 812. The molecule has 2 nitrogen and oxygen atoms in total. The third-order valence-corrected chi connectivity index (χ3v) is 7.99. The van der Waals surface area contributed by atoms with E-state index in [1.807, 2.05) is 11.8 Å². The fourth-order valence-electron chi connectivity index (χ4n) is 5.18. The van der Waals surface area contributed by atoms with Gasteiger partial charge in [-0.2, -0.15) is 0 Å². The summed E-state index contributed by atoms with van der Waals surface area (Å²) in [5, 5.41) is 0. The second-order valence-corrected chi connectivity index (χ2v) is 9.85. The first-order chi connectivity index (χ1) is 13.2. The van der Waals surface area contributed by atoms with E-state index in [1.165, 1.54) is 66.4 Å². The van der Waals surface area contributed by atoms with Crippen molar-refractivity contribution < 1.29 is 0 Å². The van der Waals surface area contributed by atoms with Crippen LogP contribution in [0.4, 0.5) is 5.69 Å². The van der Waals surface area contributed by atoms with E-state index in [2.05, 4.69) is 66.2 Å². The molecule has 0 amide bonds. The summed E-state index contributed by atoms with van der Waals surface area (Å²) in [6.07, 6.45) is 5.67. The van der Waals surface area contributed by atoms with Gasteiger partial charge in [0.15, 0.2) is 0 Å². The topological polar surface area (TPSA) is 6.48 Å². The largest absolute Gasteiger partial charge is 0.370 e. The van der Waals surface area contributed by atoms with Crippen LogP contribution in [0, 0.1) is 12.8 Å². The van der Waals surface area contributed by atoms with Crippen molar-refractivity contribution in [3.63, 3.8) is 0 Å². The number of likely N-dealkylation sites (N-methyl/N-ethyl adjacent to an activating group) is 1. The van der Waals surface area contributed by atoms with Crippen molar-refractivity contribution in [2.45, 2.75) is 54.4 Å². The maximum Gasteiger partial charge on any atom is 0.0544 e. The summed E-state index contributed by atoms with van der Waals surface area (Å²) in [4.78, 5) is 8.10. The molecule has 5 rings (SSSR count). The molecule has 0 N–H and O–H groups in total. The second-order valence-electron chi connectivity index (χ2n) is 8.74. The van der Waals surface area contributed by atoms with Gasteiger partial charge in [0.1, 0.15) is 0 Å². The van der Waals surface area contributed by atoms with Crippen LogP contribution in [0.2, 0.25) is 0 Å². The fraction of sp³-hybridized carbons (Fsp3) is 0.500. The van der Waals surface area contributed by atoms with Crippen molar-refractivity contribution in [1.82, 2.24) is 4.90 Å². The zero-order valence-electron chi connectivity index (χ0n) is 16.5. The predicted octanol–water partition coefficient (Wildman–Crippen LogP) is 5.55. The van der Waals surface area contributed by atoms with Gasteiger partial charge in [0.2, 0.25) is 0 Å². The lowest BCUT2D eigenvalue weighted by Gasteiger charge is -2.40. The third kappa shape index (κ3) is 3.30. The molecule has 142 valence electrons. The summed E-state index contributed by atoms with van der Waals surface area (Å²) in [5.41, 5.74) is 4.40. The van der Waals surface area contributed by atoms with Crippen LogP contribution >= 0.6 is 11.8 Å². The normalized spacial score (nSPS) is 25.2. The van der Waals surface area contributed by atoms with Gasteiger partial charge in [0.05, 0.1) is 5.69 Å². The number of likely N-dealkylation sites (tertiary alicyclic amines) is 1. The minimum atomic E-state index is 0.678. The summed E-state index contributed by atoms with van der Waals surface area (Å²) >= 11 is 1.92. The molecule has 0 aromatic heterocycles. The minimum absolute atomic E-state index is 0.678. The Labute approximate surface area is 167 Å². The van der Waals surface area contributed by atoms with E-state index >= 15 is 0 Å². The first-order valence-corrected chi connectivity index (χ1v) is 11.3. The standard InChI is InChI=1S/C24H30N2S/c1-17-9-11-19(12-10-17)27-23-8-4-7-20-21-16-26(15-18-5-3-6-18)14-13-22(21)25(2)24(20)23/h4,7-12,18,21-22H,3,5-6,13-16H2,1-2H3. The van der Waals surface area contributed by atoms with Gasteiger partial charge >= 0.3 is 0 Å². The molecule has 3 aliphatic rings. The van der Waals surface area contributed by atoms with Crippen LogP contribution in [-0.2, 0) is 0 Å². The van der Waals surface area contributed by atoms with Crippen molar-refractivity contribution in [3.05, 3.63) is 53.6 Å². The highest BCUT2D eigenvalue weighted by Gasteiger charge is 2.41. The summed E-state index contributed by atoms with van der Waals surface area (Å²) in [6.45, 7) is 6.01. The lowest BCUT2D eigenvalue weighted by molar-refractivity contribution is 0.137. The van der Waals surface area contributed by atoms with E-state index in [0.29, 0.717) is 12.0 Å². The number of benzene rings is 2. The van der Waals surface area contributed by atoms with E-state index < -0.39 is 0 Å². The number of rotatable bonds is 4. The third-order valence-electron chi connectivity index (χ3n) is 6.93. The Morgan fingerprint density at radius 2 is 1.85 bits per heavy atom. The molecule has 0 radical (unpaired) electrons. The lowest BCUT2D eigenvalue weighted by Crippen LogP contribution is -2.47.